The fourth-order valence-corrected chi connectivity index (χ4v) is 5.18. The van der Waals surface area contributed by atoms with Crippen molar-refractivity contribution in [2.75, 3.05) is 6.54 Å². The van der Waals surface area contributed by atoms with E-state index in [4.69, 9.17) is 0 Å². The molecular formula is C27H34F3N5. The molecular weight excluding hydrogens is 451 g/mol. The van der Waals surface area contributed by atoms with E-state index < -0.39 is 11.7 Å². The van der Waals surface area contributed by atoms with Gasteiger partial charge in [-0.25, -0.2) is 5.10 Å². The Kier molecular flexibility index (Phi) is 7.89. The zero-order chi connectivity index (χ0) is 25.0. The average molecular weight is 486 g/mol. The van der Waals surface area contributed by atoms with Gasteiger partial charge in [0.25, 0.3) is 0 Å². The van der Waals surface area contributed by atoms with Crippen molar-refractivity contribution in [1.82, 2.24) is 25.5 Å². The quantitative estimate of drug-likeness (QED) is 0.386. The topological polar surface area (TPSA) is 57.7 Å². The Balaban J connectivity index is 1.65. The third-order valence-corrected chi connectivity index (χ3v) is 7.13. The van der Waals surface area contributed by atoms with Crippen LogP contribution in [-0.2, 0) is 12.6 Å². The van der Waals surface area contributed by atoms with E-state index >= 15 is 0 Å². The number of alkyl halides is 3. The molecule has 8 heteroatoms. The first-order chi connectivity index (χ1) is 16.7. The molecule has 1 fully saturated rings. The largest absolute Gasteiger partial charge is 0.416 e. The molecule has 0 radical (unpaired) electrons. The molecule has 0 unspecified atom stereocenters. The van der Waals surface area contributed by atoms with Crippen LogP contribution in [0.5, 0.6) is 0 Å². The molecule has 0 bridgehead atoms. The van der Waals surface area contributed by atoms with Crippen molar-refractivity contribution >= 4 is 0 Å². The lowest BCUT2D eigenvalue weighted by atomic mass is 9.82. The molecule has 0 spiro atoms. The number of nitrogens with zero attached hydrogens (tertiary/aromatic N) is 4. The summed E-state index contributed by atoms with van der Waals surface area (Å²) in [7, 11) is 0. The third-order valence-electron chi connectivity index (χ3n) is 7.13. The molecule has 35 heavy (non-hydrogen) atoms. The Morgan fingerprint density at radius 2 is 1.74 bits per heavy atom. The zero-order valence-electron chi connectivity index (χ0n) is 20.6. The van der Waals surface area contributed by atoms with Crippen molar-refractivity contribution in [1.29, 1.82) is 0 Å². The number of hydrogen-bond acceptors (Lipinski definition) is 4. The minimum Gasteiger partial charge on any atom is -0.289 e. The van der Waals surface area contributed by atoms with Crippen LogP contribution in [0.1, 0.15) is 79.7 Å². The number of likely N-dealkylation sites (tertiary alicyclic amines) is 1. The van der Waals surface area contributed by atoms with Crippen molar-refractivity contribution in [2.45, 2.75) is 71.1 Å². The molecule has 5 nitrogen and oxygen atoms in total. The van der Waals surface area contributed by atoms with E-state index in [1.165, 1.54) is 23.3 Å². The van der Waals surface area contributed by atoms with E-state index in [0.717, 1.165) is 50.0 Å². The highest BCUT2D eigenvalue weighted by atomic mass is 19.4. The second-order valence-electron chi connectivity index (χ2n) is 10.2. The van der Waals surface area contributed by atoms with Gasteiger partial charge in [-0.15, -0.1) is 5.10 Å². The van der Waals surface area contributed by atoms with E-state index in [1.807, 2.05) is 0 Å². The SMILES string of the molecule is Cc1ccc([C@@H]2C[C@H](Cc3nnn[nH]3)CCN2[C@H](CCC(C)C)c2ccc(C(F)(F)F)cc2)cc1. The lowest BCUT2D eigenvalue weighted by Gasteiger charge is -2.45. The number of piperidine rings is 1. The first-order valence-electron chi connectivity index (χ1n) is 12.4. The van der Waals surface area contributed by atoms with Gasteiger partial charge in [-0.2, -0.15) is 13.2 Å². The number of hydrogen-bond donors (Lipinski definition) is 1. The standard InChI is InChI=1S/C27H34F3N5/c1-18(2)4-13-24(21-9-11-23(12-10-21)27(28,29)30)35-15-14-20(17-26-31-33-34-32-26)16-25(35)22-7-5-19(3)6-8-22/h5-12,18,20,24-25H,4,13-17H2,1-3H3,(H,31,32,33,34)/t20-,24-,25+/m1/s1. The van der Waals surface area contributed by atoms with Crippen LogP contribution in [0.25, 0.3) is 0 Å². The molecule has 1 saturated heterocycles. The number of aromatic amines is 1. The third kappa shape index (κ3) is 6.48. The van der Waals surface area contributed by atoms with Gasteiger partial charge in [0.05, 0.1) is 5.56 Å². The second-order valence-corrected chi connectivity index (χ2v) is 10.2. The summed E-state index contributed by atoms with van der Waals surface area (Å²) in [5.74, 6) is 1.73. The molecule has 1 aliphatic rings. The first kappa shape index (κ1) is 25.4. The number of nitrogens with one attached hydrogen (secondary N) is 1. The van der Waals surface area contributed by atoms with Gasteiger partial charge < -0.3 is 0 Å². The number of halogens is 3. The highest BCUT2D eigenvalue weighted by Crippen LogP contribution is 2.43. The van der Waals surface area contributed by atoms with Gasteiger partial charge in [0.2, 0.25) is 0 Å². The number of benzene rings is 2. The number of H-pyrrole nitrogens is 1. The van der Waals surface area contributed by atoms with E-state index in [2.05, 4.69) is 70.6 Å². The Hall–Kier alpha value is -2.74. The summed E-state index contributed by atoms with van der Waals surface area (Å²) in [6, 6.07) is 14.7. The van der Waals surface area contributed by atoms with Crippen LogP contribution in [0.3, 0.4) is 0 Å². The van der Waals surface area contributed by atoms with Crippen LogP contribution in [0.2, 0.25) is 0 Å². The van der Waals surface area contributed by atoms with Gasteiger partial charge in [-0.1, -0.05) is 55.8 Å². The number of rotatable bonds is 8. The summed E-state index contributed by atoms with van der Waals surface area (Å²) in [6.45, 7) is 7.34. The molecule has 188 valence electrons. The normalized spacial score (nSPS) is 20.3. The molecule has 3 atom stereocenters. The minimum absolute atomic E-state index is 0.0545. The Morgan fingerprint density at radius 3 is 2.34 bits per heavy atom. The van der Waals surface area contributed by atoms with E-state index in [0.29, 0.717) is 11.8 Å². The highest BCUT2D eigenvalue weighted by Gasteiger charge is 2.36. The lowest BCUT2D eigenvalue weighted by Crippen LogP contribution is -2.40. The molecule has 0 aliphatic carbocycles. The van der Waals surface area contributed by atoms with E-state index in [1.54, 1.807) is 12.1 Å². The summed E-state index contributed by atoms with van der Waals surface area (Å²) in [4.78, 5) is 2.52. The van der Waals surface area contributed by atoms with Crippen molar-refractivity contribution in [3.8, 4) is 0 Å². The van der Waals surface area contributed by atoms with E-state index in [-0.39, 0.29) is 12.1 Å². The van der Waals surface area contributed by atoms with Crippen LogP contribution in [0.4, 0.5) is 13.2 Å². The molecule has 3 aromatic rings. The Morgan fingerprint density at radius 1 is 1.03 bits per heavy atom. The van der Waals surface area contributed by atoms with Crippen LogP contribution in [0.15, 0.2) is 48.5 Å². The predicted octanol–water partition coefficient (Wildman–Crippen LogP) is 6.70. The maximum atomic E-state index is 13.2. The van der Waals surface area contributed by atoms with Gasteiger partial charge in [-0.3, -0.25) is 4.90 Å². The molecule has 2 heterocycles. The Labute approximate surface area is 205 Å². The maximum absolute atomic E-state index is 13.2. The van der Waals surface area contributed by atoms with Crippen LogP contribution >= 0.6 is 0 Å². The lowest BCUT2D eigenvalue weighted by molar-refractivity contribution is -0.137. The smallest absolute Gasteiger partial charge is 0.289 e. The summed E-state index contributed by atoms with van der Waals surface area (Å²) in [5, 5.41) is 14.4. The predicted molar refractivity (Wildman–Crippen MR) is 129 cm³/mol. The van der Waals surface area contributed by atoms with Gasteiger partial charge in [0.1, 0.15) is 5.82 Å². The van der Waals surface area contributed by atoms with Gasteiger partial charge >= 0.3 is 6.18 Å². The zero-order valence-corrected chi connectivity index (χ0v) is 20.6. The van der Waals surface area contributed by atoms with Crippen LogP contribution < -0.4 is 0 Å². The van der Waals surface area contributed by atoms with Crippen LogP contribution in [-0.4, -0.2) is 32.1 Å². The molecule has 0 amide bonds. The molecule has 0 saturated carbocycles. The second kappa shape index (κ2) is 10.9. The summed E-state index contributed by atoms with van der Waals surface area (Å²) >= 11 is 0. The van der Waals surface area contributed by atoms with Gasteiger partial charge in [0.15, 0.2) is 0 Å². The fourth-order valence-electron chi connectivity index (χ4n) is 5.18. The van der Waals surface area contributed by atoms with Gasteiger partial charge in [-0.05, 0) is 84.7 Å². The molecule has 2 aromatic carbocycles. The van der Waals surface area contributed by atoms with E-state index in [9.17, 15) is 13.2 Å². The monoisotopic (exact) mass is 485 g/mol. The minimum atomic E-state index is -4.33. The number of aryl methyl sites for hydroxylation is 1. The van der Waals surface area contributed by atoms with Gasteiger partial charge in [0, 0.05) is 18.5 Å². The van der Waals surface area contributed by atoms with Crippen molar-refractivity contribution < 1.29 is 13.2 Å². The fraction of sp³-hybridized carbons (Fsp3) is 0.519. The summed E-state index contributed by atoms with van der Waals surface area (Å²) < 4.78 is 39.7. The van der Waals surface area contributed by atoms with Crippen molar-refractivity contribution in [2.24, 2.45) is 11.8 Å². The molecule has 1 aromatic heterocycles. The molecule has 1 aliphatic heterocycles. The van der Waals surface area contributed by atoms with Crippen molar-refractivity contribution in [3.63, 3.8) is 0 Å². The summed E-state index contributed by atoms with van der Waals surface area (Å²) in [5.41, 5.74) is 2.81. The van der Waals surface area contributed by atoms with Crippen molar-refractivity contribution in [3.05, 3.63) is 76.6 Å². The number of aromatic nitrogens is 4. The highest BCUT2D eigenvalue weighted by molar-refractivity contribution is 5.29. The van der Waals surface area contributed by atoms with Crippen LogP contribution in [0, 0.1) is 18.8 Å². The summed E-state index contributed by atoms with van der Waals surface area (Å²) in [6.07, 6.45) is 0.312. The molecule has 1 N–H and O–H groups in total. The average Bonchev–Trinajstić information content (AvgIpc) is 3.33. The molecule has 4 rings (SSSR count). The first-order valence-corrected chi connectivity index (χ1v) is 12.4. The number of tetrazole rings is 1. The Bertz CT molecular complexity index is 1050. The maximum Gasteiger partial charge on any atom is 0.416 e.